The van der Waals surface area contributed by atoms with Gasteiger partial charge in [0.25, 0.3) is 0 Å². The topological polar surface area (TPSA) is 38.7 Å². The van der Waals surface area contributed by atoms with Crippen LogP contribution in [0.2, 0.25) is 0 Å². The van der Waals surface area contributed by atoms with Gasteiger partial charge in [-0.05, 0) is 25.3 Å². The molecule has 72 valence electrons. The van der Waals surface area contributed by atoms with Crippen molar-refractivity contribution in [2.45, 2.75) is 19.3 Å². The molecule has 1 rings (SSSR count). The monoisotopic (exact) mass is 201 g/mol. The molecule has 0 fully saturated rings. The summed E-state index contributed by atoms with van der Waals surface area (Å²) in [6.07, 6.45) is 4.65. The average molecular weight is 202 g/mol. The number of carbonyl (C=O) groups excluding carboxylic acids is 1. The van der Waals surface area contributed by atoms with Gasteiger partial charge in [-0.25, -0.2) is 0 Å². The Kier molecular flexibility index (Phi) is 3.96. The maximum absolute atomic E-state index is 10.8. The molecule has 0 radical (unpaired) electrons. The zero-order chi connectivity index (χ0) is 9.68. The van der Waals surface area contributed by atoms with E-state index in [1.807, 2.05) is 6.08 Å². The number of rotatable bonds is 2. The van der Waals surface area contributed by atoms with Crippen molar-refractivity contribution in [1.29, 1.82) is 0 Å². The lowest BCUT2D eigenvalue weighted by Crippen LogP contribution is -2.08. The molecule has 0 saturated heterocycles. The molecule has 0 amide bonds. The molecular weight excluding hydrogens is 190 g/mol. The number of hydrogen-bond acceptors (Lipinski definition) is 3. The van der Waals surface area contributed by atoms with Gasteiger partial charge in [-0.2, -0.15) is 0 Å². The van der Waals surface area contributed by atoms with Gasteiger partial charge < -0.3 is 4.74 Å². The quantitative estimate of drug-likeness (QED) is 0.641. The summed E-state index contributed by atoms with van der Waals surface area (Å²) >= 11 is 5.82. The minimum Gasteiger partial charge on any atom is -0.468 e. The standard InChI is InChI=1S/C9H12ClNO2/c1-13-9(12)6-11-8-4-2-3-7(10)5-8/h5H,2-4,6H2,1H3. The molecule has 0 atom stereocenters. The van der Waals surface area contributed by atoms with E-state index in [0.29, 0.717) is 0 Å². The lowest BCUT2D eigenvalue weighted by atomic mass is 10.1. The van der Waals surface area contributed by atoms with Gasteiger partial charge in [0, 0.05) is 10.7 Å². The second kappa shape index (κ2) is 5.02. The molecule has 0 aromatic carbocycles. The van der Waals surface area contributed by atoms with Gasteiger partial charge in [0.05, 0.1) is 7.11 Å². The van der Waals surface area contributed by atoms with Crippen molar-refractivity contribution in [2.24, 2.45) is 4.99 Å². The Morgan fingerprint density at radius 3 is 3.08 bits per heavy atom. The summed E-state index contributed by atoms with van der Waals surface area (Å²) in [6.45, 7) is 0.0898. The van der Waals surface area contributed by atoms with Gasteiger partial charge in [-0.3, -0.25) is 9.79 Å². The molecule has 1 aliphatic rings. The van der Waals surface area contributed by atoms with Gasteiger partial charge >= 0.3 is 5.97 Å². The summed E-state index contributed by atoms with van der Waals surface area (Å²) < 4.78 is 4.47. The second-order valence-corrected chi connectivity index (χ2v) is 3.31. The second-order valence-electron chi connectivity index (χ2n) is 2.83. The third-order valence-electron chi connectivity index (χ3n) is 1.81. The third kappa shape index (κ3) is 3.59. The zero-order valence-corrected chi connectivity index (χ0v) is 8.30. The first-order chi connectivity index (χ1) is 6.22. The molecule has 0 N–H and O–H groups in total. The molecule has 4 heteroatoms. The van der Waals surface area contributed by atoms with Gasteiger partial charge in [0.2, 0.25) is 0 Å². The SMILES string of the molecule is COC(=O)CN=C1C=C(Cl)CCC1. The van der Waals surface area contributed by atoms with Crippen LogP contribution < -0.4 is 0 Å². The fourth-order valence-corrected chi connectivity index (χ4v) is 1.38. The van der Waals surface area contributed by atoms with Gasteiger partial charge in [0.1, 0.15) is 6.54 Å². The van der Waals surface area contributed by atoms with E-state index >= 15 is 0 Å². The van der Waals surface area contributed by atoms with E-state index in [1.165, 1.54) is 7.11 Å². The van der Waals surface area contributed by atoms with Crippen LogP contribution >= 0.6 is 11.6 Å². The first kappa shape index (κ1) is 10.3. The molecule has 1 aliphatic carbocycles. The summed E-state index contributed by atoms with van der Waals surface area (Å²) in [5.41, 5.74) is 0.890. The maximum Gasteiger partial charge on any atom is 0.327 e. The molecule has 13 heavy (non-hydrogen) atoms. The Bertz CT molecular complexity index is 258. The Balaban J connectivity index is 2.51. The van der Waals surface area contributed by atoms with Crippen molar-refractivity contribution in [3.8, 4) is 0 Å². The molecule has 0 spiro atoms. The number of carbonyl (C=O) groups is 1. The number of methoxy groups -OCH3 is 1. The Hall–Kier alpha value is -0.830. The predicted octanol–water partition coefficient (Wildman–Crippen LogP) is 1.91. The third-order valence-corrected chi connectivity index (χ3v) is 2.11. The highest BCUT2D eigenvalue weighted by atomic mass is 35.5. The average Bonchev–Trinajstić information content (AvgIpc) is 2.14. The smallest absolute Gasteiger partial charge is 0.327 e. The fourth-order valence-electron chi connectivity index (χ4n) is 1.12. The van der Waals surface area contributed by atoms with Crippen molar-refractivity contribution in [1.82, 2.24) is 0 Å². The highest BCUT2D eigenvalue weighted by molar-refractivity contribution is 6.31. The molecule has 0 aliphatic heterocycles. The molecule has 0 saturated carbocycles. The van der Waals surface area contributed by atoms with Crippen LogP contribution in [0.15, 0.2) is 16.1 Å². The van der Waals surface area contributed by atoms with Crippen molar-refractivity contribution in [3.63, 3.8) is 0 Å². The maximum atomic E-state index is 10.8. The van der Waals surface area contributed by atoms with Crippen molar-refractivity contribution in [2.75, 3.05) is 13.7 Å². The summed E-state index contributed by atoms with van der Waals surface area (Å²) in [7, 11) is 1.35. The molecule has 3 nitrogen and oxygen atoms in total. The van der Waals surface area contributed by atoms with Crippen molar-refractivity contribution < 1.29 is 9.53 Å². The molecular formula is C9H12ClNO2. The number of allylic oxidation sites excluding steroid dienone is 2. The van der Waals surface area contributed by atoms with Crippen LogP contribution in [0.1, 0.15) is 19.3 Å². The number of esters is 1. The Morgan fingerprint density at radius 2 is 2.46 bits per heavy atom. The van der Waals surface area contributed by atoms with Crippen LogP contribution in [-0.2, 0) is 9.53 Å². The minimum atomic E-state index is -0.317. The largest absolute Gasteiger partial charge is 0.468 e. The molecule has 0 bridgehead atoms. The first-order valence-corrected chi connectivity index (χ1v) is 4.56. The molecule has 0 aromatic rings. The Morgan fingerprint density at radius 1 is 1.69 bits per heavy atom. The molecule has 0 aromatic heterocycles. The van der Waals surface area contributed by atoms with Crippen LogP contribution in [0.25, 0.3) is 0 Å². The lowest BCUT2D eigenvalue weighted by Gasteiger charge is -2.08. The van der Waals surface area contributed by atoms with Crippen LogP contribution in [-0.4, -0.2) is 25.3 Å². The van der Waals surface area contributed by atoms with Crippen LogP contribution in [0.5, 0.6) is 0 Å². The van der Waals surface area contributed by atoms with E-state index in [9.17, 15) is 4.79 Å². The number of aliphatic imine (C=N–C) groups is 1. The Labute approximate surface area is 82.4 Å². The summed E-state index contributed by atoms with van der Waals surface area (Å²) in [4.78, 5) is 14.8. The first-order valence-electron chi connectivity index (χ1n) is 4.18. The predicted molar refractivity (Wildman–Crippen MR) is 52.1 cm³/mol. The van der Waals surface area contributed by atoms with Crippen LogP contribution in [0.4, 0.5) is 0 Å². The number of halogens is 1. The fraction of sp³-hybridized carbons (Fsp3) is 0.556. The van der Waals surface area contributed by atoms with E-state index in [2.05, 4.69) is 9.73 Å². The summed E-state index contributed by atoms with van der Waals surface area (Å²) in [5, 5.41) is 0.815. The lowest BCUT2D eigenvalue weighted by molar-refractivity contribution is -0.138. The van der Waals surface area contributed by atoms with E-state index in [4.69, 9.17) is 11.6 Å². The number of hydrogen-bond donors (Lipinski definition) is 0. The van der Waals surface area contributed by atoms with E-state index in [0.717, 1.165) is 30.0 Å². The molecule has 0 heterocycles. The van der Waals surface area contributed by atoms with E-state index in [-0.39, 0.29) is 12.5 Å². The minimum absolute atomic E-state index is 0.0898. The van der Waals surface area contributed by atoms with Crippen molar-refractivity contribution in [3.05, 3.63) is 11.1 Å². The summed E-state index contributed by atoms with van der Waals surface area (Å²) in [6, 6.07) is 0. The van der Waals surface area contributed by atoms with Gasteiger partial charge in [-0.1, -0.05) is 11.6 Å². The van der Waals surface area contributed by atoms with Crippen LogP contribution in [0.3, 0.4) is 0 Å². The number of ether oxygens (including phenoxy) is 1. The molecule has 0 unspecified atom stereocenters. The number of nitrogens with zero attached hydrogens (tertiary/aromatic N) is 1. The highest BCUT2D eigenvalue weighted by Gasteiger charge is 2.07. The zero-order valence-electron chi connectivity index (χ0n) is 7.55. The highest BCUT2D eigenvalue weighted by Crippen LogP contribution is 2.18. The van der Waals surface area contributed by atoms with Crippen molar-refractivity contribution >= 4 is 23.3 Å². The van der Waals surface area contributed by atoms with Crippen LogP contribution in [0, 0.1) is 0 Å². The normalized spacial score (nSPS) is 19.8. The van der Waals surface area contributed by atoms with Gasteiger partial charge in [-0.15, -0.1) is 0 Å². The van der Waals surface area contributed by atoms with Gasteiger partial charge in [0.15, 0.2) is 0 Å². The van der Waals surface area contributed by atoms with E-state index < -0.39 is 0 Å². The summed E-state index contributed by atoms with van der Waals surface area (Å²) in [5.74, 6) is -0.317. The van der Waals surface area contributed by atoms with E-state index in [1.54, 1.807) is 0 Å².